The van der Waals surface area contributed by atoms with Gasteiger partial charge in [-0.15, -0.1) is 0 Å². The van der Waals surface area contributed by atoms with Gasteiger partial charge in [0, 0.05) is 21.5 Å². The molecule has 0 amide bonds. The molecule has 2 nitrogen and oxygen atoms in total. The Hall–Kier alpha value is -1.77. The van der Waals surface area contributed by atoms with Crippen LogP contribution >= 0.6 is 23.2 Å². The molecule has 1 heterocycles. The second kappa shape index (κ2) is 4.97. The van der Waals surface area contributed by atoms with Crippen LogP contribution in [0.4, 0.5) is 0 Å². The number of rotatable bonds is 2. The Kier molecular flexibility index (Phi) is 3.28. The van der Waals surface area contributed by atoms with Crippen LogP contribution in [0.15, 0.2) is 46.9 Å². The molecule has 0 bridgehead atoms. The van der Waals surface area contributed by atoms with Gasteiger partial charge >= 0.3 is 0 Å². The fourth-order valence-electron chi connectivity index (χ4n) is 2.16. The minimum absolute atomic E-state index is 0.175. The molecule has 0 aliphatic heterocycles. The molecule has 3 aromatic rings. The second-order valence-electron chi connectivity index (χ2n) is 4.51. The Morgan fingerprint density at radius 1 is 1.05 bits per heavy atom. The Morgan fingerprint density at radius 2 is 1.75 bits per heavy atom. The molecule has 0 N–H and O–H groups in total. The minimum atomic E-state index is -0.175. The predicted octanol–water partition coefficient (Wildman–Crippen LogP) is 5.28. The number of aryl methyl sites for hydroxylation is 1. The first-order valence-corrected chi connectivity index (χ1v) is 6.81. The standard InChI is InChI=1S/C16H10Cl2O2/c1-9-12-3-2-4-13(18)16(12)20-15(9)14(19)10-5-7-11(17)8-6-10/h2-8H,1H3. The summed E-state index contributed by atoms with van der Waals surface area (Å²) in [6, 6.07) is 12.2. The Balaban J connectivity index is 2.15. The number of halogens is 2. The van der Waals surface area contributed by atoms with Gasteiger partial charge in [0.25, 0.3) is 0 Å². The van der Waals surface area contributed by atoms with Crippen molar-refractivity contribution in [2.45, 2.75) is 6.92 Å². The van der Waals surface area contributed by atoms with E-state index in [2.05, 4.69) is 0 Å². The smallest absolute Gasteiger partial charge is 0.228 e. The highest BCUT2D eigenvalue weighted by molar-refractivity contribution is 6.35. The van der Waals surface area contributed by atoms with E-state index in [-0.39, 0.29) is 5.78 Å². The first-order valence-electron chi connectivity index (χ1n) is 6.06. The number of ketones is 1. The summed E-state index contributed by atoms with van der Waals surface area (Å²) in [6.07, 6.45) is 0. The first-order chi connectivity index (χ1) is 9.58. The Bertz CT molecular complexity index is 801. The maximum Gasteiger partial charge on any atom is 0.228 e. The largest absolute Gasteiger partial charge is 0.451 e. The van der Waals surface area contributed by atoms with Gasteiger partial charge in [-0.05, 0) is 37.3 Å². The second-order valence-corrected chi connectivity index (χ2v) is 5.35. The zero-order valence-electron chi connectivity index (χ0n) is 10.6. The van der Waals surface area contributed by atoms with Crippen LogP contribution in [0.25, 0.3) is 11.0 Å². The molecule has 0 saturated heterocycles. The summed E-state index contributed by atoms with van der Waals surface area (Å²) >= 11 is 11.9. The van der Waals surface area contributed by atoms with Crippen LogP contribution in [-0.4, -0.2) is 5.78 Å². The van der Waals surface area contributed by atoms with Crippen molar-refractivity contribution in [3.05, 3.63) is 69.4 Å². The molecule has 4 heteroatoms. The van der Waals surface area contributed by atoms with Crippen molar-refractivity contribution in [1.29, 1.82) is 0 Å². The summed E-state index contributed by atoms with van der Waals surface area (Å²) in [6.45, 7) is 1.85. The molecule has 2 aromatic carbocycles. The number of furan rings is 1. The van der Waals surface area contributed by atoms with Crippen molar-refractivity contribution in [3.63, 3.8) is 0 Å². The molecule has 20 heavy (non-hydrogen) atoms. The average Bonchev–Trinajstić information content (AvgIpc) is 2.78. The van der Waals surface area contributed by atoms with E-state index in [1.54, 1.807) is 30.3 Å². The number of hydrogen-bond donors (Lipinski definition) is 0. The van der Waals surface area contributed by atoms with Crippen LogP contribution in [0.5, 0.6) is 0 Å². The molecule has 0 spiro atoms. The topological polar surface area (TPSA) is 30.2 Å². The monoisotopic (exact) mass is 304 g/mol. The van der Waals surface area contributed by atoms with Crippen molar-refractivity contribution >= 4 is 40.0 Å². The maximum absolute atomic E-state index is 12.5. The van der Waals surface area contributed by atoms with Crippen LogP contribution in [0.1, 0.15) is 21.7 Å². The van der Waals surface area contributed by atoms with E-state index in [0.29, 0.717) is 27.0 Å². The van der Waals surface area contributed by atoms with Gasteiger partial charge in [-0.25, -0.2) is 0 Å². The van der Waals surface area contributed by atoms with Gasteiger partial charge in [0.05, 0.1) is 5.02 Å². The van der Waals surface area contributed by atoms with Gasteiger partial charge in [-0.1, -0.05) is 35.3 Å². The average molecular weight is 305 g/mol. The summed E-state index contributed by atoms with van der Waals surface area (Å²) < 4.78 is 5.66. The van der Waals surface area contributed by atoms with Gasteiger partial charge in [0.1, 0.15) is 0 Å². The van der Waals surface area contributed by atoms with Crippen LogP contribution in [-0.2, 0) is 0 Å². The number of hydrogen-bond acceptors (Lipinski definition) is 2. The van der Waals surface area contributed by atoms with E-state index in [0.717, 1.165) is 10.9 Å². The van der Waals surface area contributed by atoms with Crippen molar-refractivity contribution in [3.8, 4) is 0 Å². The van der Waals surface area contributed by atoms with Crippen molar-refractivity contribution in [2.24, 2.45) is 0 Å². The molecule has 0 aliphatic rings. The third-order valence-corrected chi connectivity index (χ3v) is 3.78. The zero-order chi connectivity index (χ0) is 14.3. The van der Waals surface area contributed by atoms with Gasteiger partial charge in [0.2, 0.25) is 5.78 Å². The van der Waals surface area contributed by atoms with E-state index in [9.17, 15) is 4.79 Å². The highest BCUT2D eigenvalue weighted by Gasteiger charge is 2.20. The minimum Gasteiger partial charge on any atom is -0.451 e. The summed E-state index contributed by atoms with van der Waals surface area (Å²) in [7, 11) is 0. The molecular weight excluding hydrogens is 295 g/mol. The van der Waals surface area contributed by atoms with E-state index in [1.807, 2.05) is 19.1 Å². The van der Waals surface area contributed by atoms with Crippen LogP contribution in [0, 0.1) is 6.92 Å². The molecule has 0 fully saturated rings. The van der Waals surface area contributed by atoms with E-state index in [1.165, 1.54) is 0 Å². The number of para-hydroxylation sites is 1. The van der Waals surface area contributed by atoms with E-state index < -0.39 is 0 Å². The molecule has 0 aliphatic carbocycles. The zero-order valence-corrected chi connectivity index (χ0v) is 12.1. The quantitative estimate of drug-likeness (QED) is 0.603. The lowest BCUT2D eigenvalue weighted by Gasteiger charge is -1.99. The summed E-state index contributed by atoms with van der Waals surface area (Å²) in [5, 5.41) is 1.95. The molecule has 0 atom stereocenters. The van der Waals surface area contributed by atoms with E-state index >= 15 is 0 Å². The fourth-order valence-corrected chi connectivity index (χ4v) is 2.50. The number of fused-ring (bicyclic) bond motifs is 1. The predicted molar refractivity (Wildman–Crippen MR) is 80.8 cm³/mol. The number of carbonyl (C=O) groups excluding carboxylic acids is 1. The molecule has 100 valence electrons. The lowest BCUT2D eigenvalue weighted by molar-refractivity contribution is 0.101. The normalized spacial score (nSPS) is 10.9. The van der Waals surface area contributed by atoms with Crippen molar-refractivity contribution < 1.29 is 9.21 Å². The third-order valence-electron chi connectivity index (χ3n) is 3.23. The summed E-state index contributed by atoms with van der Waals surface area (Å²) in [5.41, 5.74) is 1.87. The molecule has 1 aromatic heterocycles. The molecular formula is C16H10Cl2O2. The van der Waals surface area contributed by atoms with Gasteiger partial charge in [-0.3, -0.25) is 4.79 Å². The molecule has 0 radical (unpaired) electrons. The van der Waals surface area contributed by atoms with Gasteiger partial charge < -0.3 is 4.42 Å². The Labute approximate surface area is 125 Å². The highest BCUT2D eigenvalue weighted by atomic mass is 35.5. The van der Waals surface area contributed by atoms with Gasteiger partial charge in [-0.2, -0.15) is 0 Å². The number of benzene rings is 2. The highest BCUT2D eigenvalue weighted by Crippen LogP contribution is 2.31. The SMILES string of the molecule is Cc1c(C(=O)c2ccc(Cl)cc2)oc2c(Cl)cccc12. The number of carbonyl (C=O) groups is 1. The maximum atomic E-state index is 12.5. The fraction of sp³-hybridized carbons (Fsp3) is 0.0625. The van der Waals surface area contributed by atoms with E-state index in [4.69, 9.17) is 27.6 Å². The summed E-state index contributed by atoms with van der Waals surface area (Å²) in [5.74, 6) is 0.141. The van der Waals surface area contributed by atoms with Gasteiger partial charge in [0.15, 0.2) is 11.3 Å². The Morgan fingerprint density at radius 3 is 2.40 bits per heavy atom. The molecule has 0 saturated carbocycles. The summed E-state index contributed by atoms with van der Waals surface area (Å²) in [4.78, 5) is 12.5. The first kappa shape index (κ1) is 13.2. The lowest BCUT2D eigenvalue weighted by Crippen LogP contribution is -2.00. The van der Waals surface area contributed by atoms with Crippen molar-refractivity contribution in [1.82, 2.24) is 0 Å². The van der Waals surface area contributed by atoms with Crippen LogP contribution in [0.3, 0.4) is 0 Å². The van der Waals surface area contributed by atoms with Crippen LogP contribution < -0.4 is 0 Å². The lowest BCUT2D eigenvalue weighted by atomic mass is 10.1. The molecule has 3 rings (SSSR count). The van der Waals surface area contributed by atoms with Crippen LogP contribution in [0.2, 0.25) is 10.0 Å². The third kappa shape index (κ3) is 2.11. The van der Waals surface area contributed by atoms with Crippen molar-refractivity contribution in [2.75, 3.05) is 0 Å². The molecule has 0 unspecified atom stereocenters.